The van der Waals surface area contributed by atoms with Crippen molar-refractivity contribution < 1.29 is 9.84 Å². The molecule has 0 saturated heterocycles. The molecule has 1 aromatic carbocycles. The van der Waals surface area contributed by atoms with Crippen LogP contribution in [0.25, 0.3) is 0 Å². The highest BCUT2D eigenvalue weighted by atomic mass is 35.5. The van der Waals surface area contributed by atoms with Gasteiger partial charge in [-0.15, -0.1) is 0 Å². The van der Waals surface area contributed by atoms with Gasteiger partial charge in [0.2, 0.25) is 0 Å². The second-order valence-corrected chi connectivity index (χ2v) is 3.52. The Morgan fingerprint density at radius 3 is 2.15 bits per heavy atom. The van der Waals surface area contributed by atoms with E-state index >= 15 is 0 Å². The van der Waals surface area contributed by atoms with E-state index in [0.717, 1.165) is 11.1 Å². The molecule has 2 nitrogen and oxygen atoms in total. The summed E-state index contributed by atoms with van der Waals surface area (Å²) in [5.41, 5.74) is 1.87. The average Bonchev–Trinajstić information content (AvgIpc) is 1.96. The second-order valence-electron chi connectivity index (χ2n) is 3.09. The minimum Gasteiger partial charge on any atom is -0.465 e. The van der Waals surface area contributed by atoms with Crippen molar-refractivity contribution in [1.82, 2.24) is 0 Å². The molecule has 0 bridgehead atoms. The Hall–Kier alpha value is -0.730. The highest BCUT2D eigenvalue weighted by Crippen LogP contribution is 2.27. The third kappa shape index (κ3) is 2.61. The van der Waals surface area contributed by atoms with Crippen LogP contribution in [0.1, 0.15) is 18.1 Å². The summed E-state index contributed by atoms with van der Waals surface area (Å²) in [6.07, 6.45) is -0.793. The molecular formula is C10H13ClO2. The summed E-state index contributed by atoms with van der Waals surface area (Å²) < 4.78 is 5.23. The van der Waals surface area contributed by atoms with Crippen molar-refractivity contribution in [3.63, 3.8) is 0 Å². The van der Waals surface area contributed by atoms with Gasteiger partial charge in [-0.1, -0.05) is 11.6 Å². The number of aliphatic hydroxyl groups excluding tert-OH is 1. The number of aliphatic hydroxyl groups is 1. The third-order valence-electron chi connectivity index (χ3n) is 1.71. The highest BCUT2D eigenvalue weighted by molar-refractivity contribution is 6.30. The molecule has 0 radical (unpaired) electrons. The lowest BCUT2D eigenvalue weighted by Crippen LogP contribution is -2.11. The molecule has 0 aliphatic rings. The molecule has 3 heteroatoms. The largest absolute Gasteiger partial charge is 0.465 e. The van der Waals surface area contributed by atoms with Gasteiger partial charge < -0.3 is 9.84 Å². The molecule has 1 aromatic rings. The molecule has 0 aliphatic carbocycles. The van der Waals surface area contributed by atoms with Gasteiger partial charge in [0.05, 0.1) is 0 Å². The van der Waals surface area contributed by atoms with Crippen LogP contribution in [0.15, 0.2) is 12.1 Å². The fourth-order valence-electron chi connectivity index (χ4n) is 1.25. The van der Waals surface area contributed by atoms with Gasteiger partial charge in [-0.2, -0.15) is 0 Å². The van der Waals surface area contributed by atoms with Gasteiger partial charge in [-0.3, -0.25) is 0 Å². The highest BCUT2D eigenvalue weighted by Gasteiger charge is 2.07. The van der Waals surface area contributed by atoms with Crippen LogP contribution in [-0.4, -0.2) is 11.4 Å². The van der Waals surface area contributed by atoms with E-state index in [2.05, 4.69) is 0 Å². The number of aryl methyl sites for hydroxylation is 2. The lowest BCUT2D eigenvalue weighted by Gasteiger charge is -2.14. The van der Waals surface area contributed by atoms with Crippen LogP contribution in [0.3, 0.4) is 0 Å². The van der Waals surface area contributed by atoms with E-state index in [0.29, 0.717) is 10.8 Å². The van der Waals surface area contributed by atoms with E-state index in [1.807, 2.05) is 26.0 Å². The van der Waals surface area contributed by atoms with E-state index < -0.39 is 6.29 Å². The summed E-state index contributed by atoms with van der Waals surface area (Å²) in [6, 6.07) is 3.62. The predicted molar refractivity (Wildman–Crippen MR) is 53.2 cm³/mol. The quantitative estimate of drug-likeness (QED) is 0.744. The summed E-state index contributed by atoms with van der Waals surface area (Å²) in [4.78, 5) is 0. The number of rotatable bonds is 2. The van der Waals surface area contributed by atoms with Gasteiger partial charge in [0.25, 0.3) is 0 Å². The molecule has 1 N–H and O–H groups in total. The first-order valence-corrected chi connectivity index (χ1v) is 4.50. The molecule has 0 saturated carbocycles. The lowest BCUT2D eigenvalue weighted by atomic mass is 10.1. The Morgan fingerprint density at radius 1 is 1.31 bits per heavy atom. The van der Waals surface area contributed by atoms with Crippen LogP contribution in [0.4, 0.5) is 0 Å². The molecule has 1 rings (SSSR count). The van der Waals surface area contributed by atoms with E-state index in [-0.39, 0.29) is 0 Å². The zero-order chi connectivity index (χ0) is 10.0. The van der Waals surface area contributed by atoms with Crippen molar-refractivity contribution in [2.45, 2.75) is 27.1 Å². The summed E-state index contributed by atoms with van der Waals surface area (Å²) >= 11 is 5.84. The Bertz CT molecular complexity index is 285. The molecule has 0 heterocycles. The zero-order valence-corrected chi connectivity index (χ0v) is 8.72. The van der Waals surface area contributed by atoms with Crippen molar-refractivity contribution in [2.75, 3.05) is 0 Å². The summed E-state index contributed by atoms with van der Waals surface area (Å²) in [7, 11) is 0. The van der Waals surface area contributed by atoms with Crippen molar-refractivity contribution >= 4 is 11.6 Å². The Morgan fingerprint density at radius 2 is 1.77 bits per heavy atom. The monoisotopic (exact) mass is 200 g/mol. The maximum atomic E-state index is 9.07. The van der Waals surface area contributed by atoms with Crippen molar-refractivity contribution in [1.29, 1.82) is 0 Å². The molecule has 72 valence electrons. The predicted octanol–water partition coefficient (Wildman–Crippen LogP) is 2.67. The van der Waals surface area contributed by atoms with Crippen LogP contribution < -0.4 is 4.74 Å². The van der Waals surface area contributed by atoms with Gasteiger partial charge >= 0.3 is 0 Å². The zero-order valence-electron chi connectivity index (χ0n) is 7.97. The lowest BCUT2D eigenvalue weighted by molar-refractivity contribution is -0.00132. The van der Waals surface area contributed by atoms with Gasteiger partial charge in [0, 0.05) is 5.02 Å². The number of halogens is 1. The van der Waals surface area contributed by atoms with Crippen molar-refractivity contribution in [3.8, 4) is 5.75 Å². The maximum Gasteiger partial charge on any atom is 0.194 e. The first-order valence-electron chi connectivity index (χ1n) is 4.12. The summed E-state index contributed by atoms with van der Waals surface area (Å²) in [5, 5.41) is 9.76. The van der Waals surface area contributed by atoms with Crippen LogP contribution >= 0.6 is 11.6 Å². The molecule has 0 fully saturated rings. The van der Waals surface area contributed by atoms with E-state index in [4.69, 9.17) is 21.4 Å². The molecule has 13 heavy (non-hydrogen) atoms. The fraction of sp³-hybridized carbons (Fsp3) is 0.400. The van der Waals surface area contributed by atoms with Gasteiger partial charge in [0.15, 0.2) is 6.29 Å². The summed E-state index contributed by atoms with van der Waals surface area (Å²) in [5.74, 6) is 0.708. The van der Waals surface area contributed by atoms with Crippen LogP contribution in [0.2, 0.25) is 5.02 Å². The van der Waals surface area contributed by atoms with Gasteiger partial charge in [-0.05, 0) is 44.0 Å². The number of ether oxygens (including phenoxy) is 1. The van der Waals surface area contributed by atoms with Gasteiger partial charge in [-0.25, -0.2) is 0 Å². The average molecular weight is 201 g/mol. The fourth-order valence-corrected chi connectivity index (χ4v) is 1.58. The second kappa shape index (κ2) is 3.99. The molecule has 0 amide bonds. The molecule has 1 atom stereocenters. The first-order chi connectivity index (χ1) is 6.00. The van der Waals surface area contributed by atoms with Crippen molar-refractivity contribution in [2.24, 2.45) is 0 Å². The Balaban J connectivity index is 3.06. The third-order valence-corrected chi connectivity index (χ3v) is 1.93. The standard InChI is InChI=1S/C10H13ClO2/c1-6-4-9(11)5-7(2)10(6)13-8(3)12/h4-5,8,12H,1-3H3. The Kier molecular flexibility index (Phi) is 3.17. The molecule has 0 aliphatic heterocycles. The van der Waals surface area contributed by atoms with Gasteiger partial charge in [0.1, 0.15) is 5.75 Å². The SMILES string of the molecule is Cc1cc(Cl)cc(C)c1OC(C)O. The normalized spacial score (nSPS) is 12.7. The maximum absolute atomic E-state index is 9.07. The van der Waals surface area contributed by atoms with Crippen LogP contribution in [0, 0.1) is 13.8 Å². The van der Waals surface area contributed by atoms with E-state index in [1.54, 1.807) is 6.92 Å². The minimum absolute atomic E-state index is 0.688. The number of benzene rings is 1. The topological polar surface area (TPSA) is 29.5 Å². The van der Waals surface area contributed by atoms with Crippen LogP contribution in [-0.2, 0) is 0 Å². The van der Waals surface area contributed by atoms with Crippen molar-refractivity contribution in [3.05, 3.63) is 28.3 Å². The molecule has 1 unspecified atom stereocenters. The number of hydrogen-bond acceptors (Lipinski definition) is 2. The smallest absolute Gasteiger partial charge is 0.194 e. The van der Waals surface area contributed by atoms with E-state index in [9.17, 15) is 0 Å². The minimum atomic E-state index is -0.793. The number of hydrogen-bond donors (Lipinski definition) is 1. The molecule has 0 spiro atoms. The summed E-state index contributed by atoms with van der Waals surface area (Å²) in [6.45, 7) is 5.38. The first kappa shape index (κ1) is 10.4. The Labute approximate surface area is 83.1 Å². The molecular weight excluding hydrogens is 188 g/mol. The van der Waals surface area contributed by atoms with E-state index in [1.165, 1.54) is 0 Å². The molecule has 0 aromatic heterocycles. The van der Waals surface area contributed by atoms with Crippen LogP contribution in [0.5, 0.6) is 5.75 Å².